The van der Waals surface area contributed by atoms with E-state index >= 15 is 0 Å². The molecule has 2 nitrogen and oxygen atoms in total. The smallest absolute Gasteiger partial charge is 0.168 e. The first-order valence-corrected chi connectivity index (χ1v) is 5.76. The summed E-state index contributed by atoms with van der Waals surface area (Å²) in [5, 5.41) is 9.20. The Labute approximate surface area is 106 Å². The van der Waals surface area contributed by atoms with E-state index in [9.17, 15) is 9.50 Å². The van der Waals surface area contributed by atoms with E-state index < -0.39 is 5.82 Å². The molecule has 18 heavy (non-hydrogen) atoms. The number of ether oxygens (including phenoxy) is 1. The number of para-hydroxylation sites is 1. The van der Waals surface area contributed by atoms with Gasteiger partial charge in [0.1, 0.15) is 5.75 Å². The highest BCUT2D eigenvalue weighted by atomic mass is 19.1. The van der Waals surface area contributed by atoms with E-state index in [2.05, 4.69) is 0 Å². The number of rotatable bonds is 3. The molecule has 0 aromatic heterocycles. The minimum atomic E-state index is -0.470. The van der Waals surface area contributed by atoms with Crippen LogP contribution in [0.1, 0.15) is 16.7 Å². The molecule has 0 saturated carbocycles. The maximum atomic E-state index is 13.7. The number of aliphatic hydroxyl groups is 1. The van der Waals surface area contributed by atoms with Gasteiger partial charge in [-0.1, -0.05) is 24.3 Å². The molecule has 2 aromatic rings. The monoisotopic (exact) mass is 246 g/mol. The van der Waals surface area contributed by atoms with Crippen molar-refractivity contribution in [1.29, 1.82) is 0 Å². The van der Waals surface area contributed by atoms with Gasteiger partial charge in [0.2, 0.25) is 0 Å². The molecule has 0 spiro atoms. The summed E-state index contributed by atoms with van der Waals surface area (Å²) in [6, 6.07) is 10.1. The lowest BCUT2D eigenvalue weighted by Crippen LogP contribution is -1.97. The van der Waals surface area contributed by atoms with Crippen LogP contribution in [0.2, 0.25) is 0 Å². The van der Waals surface area contributed by atoms with Crippen molar-refractivity contribution in [1.82, 2.24) is 0 Å². The summed E-state index contributed by atoms with van der Waals surface area (Å²) in [4.78, 5) is 0. The van der Waals surface area contributed by atoms with Gasteiger partial charge in [-0.3, -0.25) is 0 Å². The zero-order valence-corrected chi connectivity index (χ0v) is 10.4. The van der Waals surface area contributed by atoms with Crippen molar-refractivity contribution in [3.8, 4) is 11.5 Å². The van der Waals surface area contributed by atoms with E-state index in [1.807, 2.05) is 26.0 Å². The maximum Gasteiger partial charge on any atom is 0.168 e. The highest BCUT2D eigenvalue weighted by molar-refractivity contribution is 5.44. The fourth-order valence-corrected chi connectivity index (χ4v) is 1.74. The van der Waals surface area contributed by atoms with E-state index in [-0.39, 0.29) is 12.4 Å². The number of benzene rings is 2. The number of hydrogen-bond acceptors (Lipinski definition) is 2. The van der Waals surface area contributed by atoms with Gasteiger partial charge in [-0.25, -0.2) is 4.39 Å². The van der Waals surface area contributed by atoms with E-state index in [0.717, 1.165) is 11.1 Å². The molecule has 2 rings (SSSR count). The van der Waals surface area contributed by atoms with Gasteiger partial charge in [0.05, 0.1) is 6.61 Å². The standard InChI is InChI=1S/C15H15FO2/c1-10-5-3-8-14(11(10)2)18-15-12(9-17)6-4-7-13(15)16/h3-8,17H,9H2,1-2H3. The highest BCUT2D eigenvalue weighted by Gasteiger charge is 2.12. The quantitative estimate of drug-likeness (QED) is 0.894. The summed E-state index contributed by atoms with van der Waals surface area (Å²) in [7, 11) is 0. The number of aryl methyl sites for hydroxylation is 1. The summed E-state index contributed by atoms with van der Waals surface area (Å²) in [5.41, 5.74) is 2.48. The van der Waals surface area contributed by atoms with Gasteiger partial charge in [0.15, 0.2) is 11.6 Å². The molecule has 0 aliphatic carbocycles. The topological polar surface area (TPSA) is 29.5 Å². The second kappa shape index (κ2) is 5.19. The van der Waals surface area contributed by atoms with Crippen LogP contribution in [0.25, 0.3) is 0 Å². The average Bonchev–Trinajstić information content (AvgIpc) is 2.37. The Balaban J connectivity index is 2.43. The van der Waals surface area contributed by atoms with Crippen LogP contribution in [0.4, 0.5) is 4.39 Å². The predicted molar refractivity (Wildman–Crippen MR) is 68.3 cm³/mol. The predicted octanol–water partition coefficient (Wildman–Crippen LogP) is 3.73. The van der Waals surface area contributed by atoms with Crippen LogP contribution in [0.15, 0.2) is 36.4 Å². The largest absolute Gasteiger partial charge is 0.454 e. The molecule has 0 bridgehead atoms. The summed E-state index contributed by atoms with van der Waals surface area (Å²) in [6.45, 7) is 3.64. The molecule has 1 N–H and O–H groups in total. The fourth-order valence-electron chi connectivity index (χ4n) is 1.74. The third-order valence-electron chi connectivity index (χ3n) is 2.99. The van der Waals surface area contributed by atoms with Crippen LogP contribution in [-0.4, -0.2) is 5.11 Å². The van der Waals surface area contributed by atoms with E-state index in [1.165, 1.54) is 6.07 Å². The molecule has 0 radical (unpaired) electrons. The fraction of sp³-hybridized carbons (Fsp3) is 0.200. The van der Waals surface area contributed by atoms with Crippen molar-refractivity contribution in [3.05, 3.63) is 58.9 Å². The minimum Gasteiger partial charge on any atom is -0.454 e. The third-order valence-corrected chi connectivity index (χ3v) is 2.99. The van der Waals surface area contributed by atoms with Crippen LogP contribution in [-0.2, 0) is 6.61 Å². The zero-order chi connectivity index (χ0) is 13.1. The molecular weight excluding hydrogens is 231 g/mol. The lowest BCUT2D eigenvalue weighted by atomic mass is 10.1. The molecule has 0 heterocycles. The van der Waals surface area contributed by atoms with Gasteiger partial charge in [-0.15, -0.1) is 0 Å². The average molecular weight is 246 g/mol. The van der Waals surface area contributed by atoms with E-state index in [4.69, 9.17) is 4.74 Å². The molecule has 3 heteroatoms. The lowest BCUT2D eigenvalue weighted by molar-refractivity contribution is 0.274. The van der Waals surface area contributed by atoms with Crippen LogP contribution in [0, 0.1) is 19.7 Å². The Morgan fingerprint density at radius 1 is 1.11 bits per heavy atom. The molecule has 0 aliphatic heterocycles. The molecule has 2 aromatic carbocycles. The first-order chi connectivity index (χ1) is 8.63. The van der Waals surface area contributed by atoms with Crippen LogP contribution in [0.5, 0.6) is 11.5 Å². The van der Waals surface area contributed by atoms with Gasteiger partial charge >= 0.3 is 0 Å². The molecular formula is C15H15FO2. The SMILES string of the molecule is Cc1cccc(Oc2c(F)cccc2CO)c1C. The van der Waals surface area contributed by atoms with Gasteiger partial charge in [-0.2, -0.15) is 0 Å². The van der Waals surface area contributed by atoms with Gasteiger partial charge < -0.3 is 9.84 Å². The molecule has 0 unspecified atom stereocenters. The van der Waals surface area contributed by atoms with Crippen molar-refractivity contribution < 1.29 is 14.2 Å². The summed E-state index contributed by atoms with van der Waals surface area (Å²) in [5.74, 6) is 0.228. The van der Waals surface area contributed by atoms with Gasteiger partial charge in [0.25, 0.3) is 0 Å². The van der Waals surface area contributed by atoms with Gasteiger partial charge in [0, 0.05) is 5.56 Å². The second-order valence-electron chi connectivity index (χ2n) is 4.19. The van der Waals surface area contributed by atoms with Gasteiger partial charge in [-0.05, 0) is 37.1 Å². The summed E-state index contributed by atoms with van der Waals surface area (Å²) < 4.78 is 19.3. The Bertz CT molecular complexity index is 564. The molecule has 0 fully saturated rings. The first kappa shape index (κ1) is 12.6. The summed E-state index contributed by atoms with van der Waals surface area (Å²) in [6.07, 6.45) is 0. The summed E-state index contributed by atoms with van der Waals surface area (Å²) >= 11 is 0. The number of hydrogen-bond donors (Lipinski definition) is 1. The maximum absolute atomic E-state index is 13.7. The minimum absolute atomic E-state index is 0.0914. The molecule has 0 amide bonds. The Morgan fingerprint density at radius 2 is 1.83 bits per heavy atom. The van der Waals surface area contributed by atoms with E-state index in [0.29, 0.717) is 11.3 Å². The Hall–Kier alpha value is -1.87. The Kier molecular flexibility index (Phi) is 3.63. The van der Waals surface area contributed by atoms with Crippen molar-refractivity contribution >= 4 is 0 Å². The number of aliphatic hydroxyl groups excluding tert-OH is 1. The Morgan fingerprint density at radius 3 is 2.56 bits per heavy atom. The zero-order valence-electron chi connectivity index (χ0n) is 10.4. The second-order valence-corrected chi connectivity index (χ2v) is 4.19. The number of halogens is 1. The molecule has 0 aliphatic rings. The highest BCUT2D eigenvalue weighted by Crippen LogP contribution is 2.31. The normalized spacial score (nSPS) is 10.4. The molecule has 0 atom stereocenters. The van der Waals surface area contributed by atoms with Crippen LogP contribution in [0.3, 0.4) is 0 Å². The van der Waals surface area contributed by atoms with Crippen LogP contribution >= 0.6 is 0 Å². The van der Waals surface area contributed by atoms with E-state index in [1.54, 1.807) is 18.2 Å². The molecule has 94 valence electrons. The van der Waals surface area contributed by atoms with Crippen molar-refractivity contribution in [2.45, 2.75) is 20.5 Å². The lowest BCUT2D eigenvalue weighted by Gasteiger charge is -2.13. The van der Waals surface area contributed by atoms with Crippen LogP contribution < -0.4 is 4.74 Å². The van der Waals surface area contributed by atoms with Crippen molar-refractivity contribution in [2.75, 3.05) is 0 Å². The van der Waals surface area contributed by atoms with Crippen molar-refractivity contribution in [2.24, 2.45) is 0 Å². The molecule has 0 saturated heterocycles. The van der Waals surface area contributed by atoms with Crippen molar-refractivity contribution in [3.63, 3.8) is 0 Å². The first-order valence-electron chi connectivity index (χ1n) is 5.76. The third kappa shape index (κ3) is 2.36.